The van der Waals surface area contributed by atoms with Crippen LogP contribution in [0, 0.1) is 0 Å². The molecule has 0 aromatic rings. The summed E-state index contributed by atoms with van der Waals surface area (Å²) in [6.07, 6.45) is 40.1. The molecule has 0 aromatic heterocycles. The van der Waals surface area contributed by atoms with Crippen LogP contribution in [0.5, 0.6) is 0 Å². The average Bonchev–Trinajstić information content (AvgIpc) is 2.93. The van der Waals surface area contributed by atoms with Crippen LogP contribution in [-0.2, 0) is 14.3 Å². The van der Waals surface area contributed by atoms with Gasteiger partial charge in [-0.3, -0.25) is 9.59 Å². The van der Waals surface area contributed by atoms with Gasteiger partial charge >= 0.3 is 11.9 Å². The lowest BCUT2D eigenvalue weighted by Crippen LogP contribution is -2.16. The minimum Gasteiger partial charge on any atom is -0.481 e. The molecule has 0 amide bonds. The van der Waals surface area contributed by atoms with Gasteiger partial charge in [-0.1, -0.05) is 128 Å². The molecule has 1 unspecified atom stereocenters. The van der Waals surface area contributed by atoms with Crippen molar-refractivity contribution in [2.45, 2.75) is 180 Å². The smallest absolute Gasteiger partial charge is 0.306 e. The Morgan fingerprint density at radius 3 is 1.70 bits per heavy atom. The predicted molar refractivity (Wildman–Crippen MR) is 172 cm³/mol. The van der Waals surface area contributed by atoms with E-state index >= 15 is 0 Å². The Kier molecular flexibility index (Phi) is 30.2. The number of ether oxygens (including phenoxy) is 1. The number of carboxylic acids is 1. The normalized spacial score (nSPS) is 12.7. The van der Waals surface area contributed by atoms with Crippen molar-refractivity contribution >= 4 is 11.9 Å². The highest BCUT2D eigenvalue weighted by atomic mass is 16.5. The van der Waals surface area contributed by atoms with Crippen LogP contribution in [-0.4, -0.2) is 23.1 Å². The molecule has 0 fully saturated rings. The molecule has 0 saturated heterocycles. The Morgan fingerprint density at radius 1 is 0.575 bits per heavy atom. The largest absolute Gasteiger partial charge is 0.481 e. The Labute approximate surface area is 248 Å². The number of esters is 1. The number of hydrogen-bond acceptors (Lipinski definition) is 3. The molecule has 0 aliphatic rings. The number of unbranched alkanes of at least 4 members (excludes halogenated alkanes) is 17. The molecule has 0 radical (unpaired) electrons. The van der Waals surface area contributed by atoms with Gasteiger partial charge < -0.3 is 9.84 Å². The number of allylic oxidation sites excluding steroid dienone is 5. The molecule has 0 spiro atoms. The molecular weight excluding hydrogens is 496 g/mol. The Morgan fingerprint density at radius 2 is 1.07 bits per heavy atom. The molecule has 4 nitrogen and oxygen atoms in total. The van der Waals surface area contributed by atoms with Crippen LogP contribution in [0.1, 0.15) is 174 Å². The van der Waals surface area contributed by atoms with Crippen LogP contribution in [0.25, 0.3) is 0 Å². The maximum Gasteiger partial charge on any atom is 0.306 e. The fourth-order valence-corrected chi connectivity index (χ4v) is 4.76. The number of carboxylic acid groups (broad SMARTS) is 1. The third kappa shape index (κ3) is 30.7. The van der Waals surface area contributed by atoms with Crippen molar-refractivity contribution in [2.24, 2.45) is 0 Å². The molecule has 1 atom stereocenters. The highest BCUT2D eigenvalue weighted by Crippen LogP contribution is 2.15. The zero-order valence-electron chi connectivity index (χ0n) is 26.4. The van der Waals surface area contributed by atoms with E-state index in [-0.39, 0.29) is 18.5 Å². The Hall–Kier alpha value is -1.84. The summed E-state index contributed by atoms with van der Waals surface area (Å²) in [4.78, 5) is 23.2. The summed E-state index contributed by atoms with van der Waals surface area (Å²) in [7, 11) is 0. The third-order valence-corrected chi connectivity index (χ3v) is 7.32. The molecule has 0 aliphatic carbocycles. The first-order valence-electron chi connectivity index (χ1n) is 17.0. The predicted octanol–water partition coefficient (Wildman–Crippen LogP) is 11.4. The Balaban J connectivity index is 4.10. The monoisotopic (exact) mass is 560 g/mol. The van der Waals surface area contributed by atoms with E-state index in [0.29, 0.717) is 6.42 Å². The zero-order valence-corrected chi connectivity index (χ0v) is 26.4. The van der Waals surface area contributed by atoms with E-state index in [1.807, 2.05) is 0 Å². The van der Waals surface area contributed by atoms with Gasteiger partial charge in [0.2, 0.25) is 0 Å². The van der Waals surface area contributed by atoms with Gasteiger partial charge in [-0.05, 0) is 70.3 Å². The van der Waals surface area contributed by atoms with Crippen LogP contribution in [0.4, 0.5) is 0 Å². The molecule has 4 heteroatoms. The maximum atomic E-state index is 12.5. The summed E-state index contributed by atoms with van der Waals surface area (Å²) >= 11 is 0. The minimum atomic E-state index is -0.724. The van der Waals surface area contributed by atoms with Gasteiger partial charge in [0.1, 0.15) is 6.10 Å². The summed E-state index contributed by atoms with van der Waals surface area (Å²) in [5, 5.41) is 8.80. The fourth-order valence-electron chi connectivity index (χ4n) is 4.76. The maximum absolute atomic E-state index is 12.5. The first-order chi connectivity index (χ1) is 19.6. The van der Waals surface area contributed by atoms with E-state index in [4.69, 9.17) is 9.84 Å². The molecule has 0 aromatic carbocycles. The second-order valence-electron chi connectivity index (χ2n) is 11.3. The standard InChI is InChI=1S/C36H64O4/c1-3-5-7-9-11-13-14-15-16-17-19-21-23-29-33-36(39)40-34(31-27-24-25-28-32-35(37)38)30-26-22-20-18-12-10-8-6-4-2/h9,11,14-15,26,30,34H,3-8,10,12-13,16-25,27-29,31-33H2,1-2H3,(H,37,38)/b11-9-,15-14-,30-26-. The molecule has 232 valence electrons. The van der Waals surface area contributed by atoms with Gasteiger partial charge in [-0.25, -0.2) is 0 Å². The highest BCUT2D eigenvalue weighted by molar-refractivity contribution is 5.69. The third-order valence-electron chi connectivity index (χ3n) is 7.32. The number of carbonyl (C=O) groups excluding carboxylic acids is 1. The van der Waals surface area contributed by atoms with Crippen molar-refractivity contribution in [1.82, 2.24) is 0 Å². The van der Waals surface area contributed by atoms with Gasteiger partial charge in [0, 0.05) is 12.8 Å². The molecule has 0 rings (SSSR count). The second-order valence-corrected chi connectivity index (χ2v) is 11.3. The van der Waals surface area contributed by atoms with Crippen LogP contribution in [0.3, 0.4) is 0 Å². The van der Waals surface area contributed by atoms with E-state index in [1.54, 1.807) is 0 Å². The van der Waals surface area contributed by atoms with E-state index in [0.717, 1.165) is 64.2 Å². The first-order valence-corrected chi connectivity index (χ1v) is 17.0. The lowest BCUT2D eigenvalue weighted by molar-refractivity contribution is -0.147. The van der Waals surface area contributed by atoms with Gasteiger partial charge in [0.15, 0.2) is 0 Å². The van der Waals surface area contributed by atoms with E-state index in [9.17, 15) is 9.59 Å². The van der Waals surface area contributed by atoms with E-state index in [1.165, 1.54) is 83.5 Å². The van der Waals surface area contributed by atoms with E-state index in [2.05, 4.69) is 50.3 Å². The zero-order chi connectivity index (χ0) is 29.4. The van der Waals surface area contributed by atoms with Crippen molar-refractivity contribution in [3.63, 3.8) is 0 Å². The minimum absolute atomic E-state index is 0.0774. The number of rotatable bonds is 30. The molecule has 40 heavy (non-hydrogen) atoms. The average molecular weight is 561 g/mol. The van der Waals surface area contributed by atoms with Gasteiger partial charge in [0.05, 0.1) is 0 Å². The fraction of sp³-hybridized carbons (Fsp3) is 0.778. The molecule has 1 N–H and O–H groups in total. The van der Waals surface area contributed by atoms with Crippen molar-refractivity contribution in [3.8, 4) is 0 Å². The van der Waals surface area contributed by atoms with Crippen molar-refractivity contribution < 1.29 is 19.4 Å². The van der Waals surface area contributed by atoms with Crippen molar-refractivity contribution in [2.75, 3.05) is 0 Å². The van der Waals surface area contributed by atoms with E-state index < -0.39 is 5.97 Å². The summed E-state index contributed by atoms with van der Waals surface area (Å²) in [6, 6.07) is 0. The second kappa shape index (κ2) is 31.7. The first kappa shape index (κ1) is 38.2. The summed E-state index contributed by atoms with van der Waals surface area (Å²) < 4.78 is 5.85. The topological polar surface area (TPSA) is 63.6 Å². The molecule has 0 aliphatic heterocycles. The Bertz CT molecular complexity index is 649. The molecule has 0 saturated carbocycles. The van der Waals surface area contributed by atoms with Crippen molar-refractivity contribution in [3.05, 3.63) is 36.5 Å². The van der Waals surface area contributed by atoms with Crippen molar-refractivity contribution in [1.29, 1.82) is 0 Å². The van der Waals surface area contributed by atoms with Crippen LogP contribution in [0.2, 0.25) is 0 Å². The number of hydrogen-bond donors (Lipinski definition) is 1. The molecular formula is C36H64O4. The molecule has 0 bridgehead atoms. The van der Waals surface area contributed by atoms with Gasteiger partial charge in [0.25, 0.3) is 0 Å². The quantitative estimate of drug-likeness (QED) is 0.0539. The van der Waals surface area contributed by atoms with Crippen LogP contribution < -0.4 is 0 Å². The summed E-state index contributed by atoms with van der Waals surface area (Å²) in [6.45, 7) is 4.48. The van der Waals surface area contributed by atoms with Gasteiger partial charge in [-0.2, -0.15) is 0 Å². The number of aliphatic carboxylic acids is 1. The molecule has 0 heterocycles. The van der Waals surface area contributed by atoms with Crippen LogP contribution in [0.15, 0.2) is 36.5 Å². The van der Waals surface area contributed by atoms with Crippen LogP contribution >= 0.6 is 0 Å². The lowest BCUT2D eigenvalue weighted by Gasteiger charge is -2.15. The SMILES string of the molecule is CCCC/C=C\C/C=C\CCCCCCCC(=O)OC(/C=C\CCCCCCCCC)CCCCCCC(=O)O. The highest BCUT2D eigenvalue weighted by Gasteiger charge is 2.11. The number of carbonyl (C=O) groups is 2. The summed E-state index contributed by atoms with van der Waals surface area (Å²) in [5.41, 5.74) is 0. The lowest BCUT2D eigenvalue weighted by atomic mass is 10.1. The summed E-state index contributed by atoms with van der Waals surface area (Å²) in [5.74, 6) is -0.801. The van der Waals surface area contributed by atoms with Gasteiger partial charge in [-0.15, -0.1) is 0 Å².